The molecule has 236 valence electrons. The van der Waals surface area contributed by atoms with Crippen molar-refractivity contribution >= 4 is 11.9 Å². The fraction of sp³-hybridized carbons (Fsp3) is 0.366. The van der Waals surface area contributed by atoms with Crippen LogP contribution in [-0.4, -0.2) is 11.9 Å². The molecule has 0 saturated heterocycles. The van der Waals surface area contributed by atoms with E-state index < -0.39 is 0 Å². The standard InChI is InChI=1S/C41H48O4/c1-3-5-12-32-16-24-36(25-17-32)40(42)44-38-28-20-34(21-29-38)14-10-8-7-9-11-15-35-22-30-39(31-23-35)45-41(43)37-26-18-33(19-27-37)13-6-4-2/h16-31H,3-15H2,1-2H3. The third kappa shape index (κ3) is 11.7. The van der Waals surface area contributed by atoms with E-state index in [9.17, 15) is 9.59 Å². The van der Waals surface area contributed by atoms with Crippen LogP contribution < -0.4 is 9.47 Å². The first-order valence-corrected chi connectivity index (χ1v) is 16.8. The molecule has 0 aliphatic carbocycles. The molecule has 4 aromatic carbocycles. The van der Waals surface area contributed by atoms with E-state index in [0.29, 0.717) is 22.6 Å². The summed E-state index contributed by atoms with van der Waals surface area (Å²) in [6, 6.07) is 31.3. The second-order valence-corrected chi connectivity index (χ2v) is 11.9. The Morgan fingerprint density at radius 3 is 1.02 bits per heavy atom. The van der Waals surface area contributed by atoms with Crippen molar-refractivity contribution in [2.24, 2.45) is 0 Å². The minimum atomic E-state index is -0.316. The molecule has 0 aliphatic rings. The molecular weight excluding hydrogens is 556 g/mol. The second kappa shape index (κ2) is 18.6. The van der Waals surface area contributed by atoms with Crippen molar-refractivity contribution in [3.8, 4) is 11.5 Å². The maximum absolute atomic E-state index is 12.5. The molecule has 4 heteroatoms. The topological polar surface area (TPSA) is 52.6 Å². The third-order valence-corrected chi connectivity index (χ3v) is 8.22. The minimum Gasteiger partial charge on any atom is -0.423 e. The van der Waals surface area contributed by atoms with Gasteiger partial charge in [-0.25, -0.2) is 9.59 Å². The Hall–Kier alpha value is -4.18. The van der Waals surface area contributed by atoms with E-state index in [-0.39, 0.29) is 11.9 Å². The highest BCUT2D eigenvalue weighted by Gasteiger charge is 2.10. The molecule has 0 spiro atoms. The number of benzene rings is 4. The van der Waals surface area contributed by atoms with E-state index in [1.54, 1.807) is 0 Å². The molecule has 0 aliphatic heterocycles. The predicted octanol–water partition coefficient (Wildman–Crippen LogP) is 10.5. The molecule has 0 fully saturated rings. The van der Waals surface area contributed by atoms with Crippen LogP contribution in [0.2, 0.25) is 0 Å². The Labute approximate surface area is 269 Å². The molecule has 0 amide bonds. The van der Waals surface area contributed by atoms with Crippen molar-refractivity contribution in [3.05, 3.63) is 130 Å². The van der Waals surface area contributed by atoms with Crippen LogP contribution in [0.3, 0.4) is 0 Å². The summed E-state index contributed by atoms with van der Waals surface area (Å²) in [5.74, 6) is 0.529. The fourth-order valence-electron chi connectivity index (χ4n) is 5.35. The lowest BCUT2D eigenvalue weighted by atomic mass is 10.0. The van der Waals surface area contributed by atoms with E-state index in [1.807, 2.05) is 72.8 Å². The Bertz CT molecular complexity index is 1320. The van der Waals surface area contributed by atoms with Gasteiger partial charge in [-0.1, -0.05) is 94.5 Å². The third-order valence-electron chi connectivity index (χ3n) is 8.22. The molecule has 4 rings (SSSR count). The highest BCUT2D eigenvalue weighted by Crippen LogP contribution is 2.19. The molecule has 0 unspecified atom stereocenters. The fourth-order valence-corrected chi connectivity index (χ4v) is 5.35. The van der Waals surface area contributed by atoms with E-state index in [2.05, 4.69) is 38.1 Å². The lowest BCUT2D eigenvalue weighted by Crippen LogP contribution is -2.08. The maximum atomic E-state index is 12.5. The van der Waals surface area contributed by atoms with Gasteiger partial charge < -0.3 is 9.47 Å². The molecule has 0 atom stereocenters. The lowest BCUT2D eigenvalue weighted by molar-refractivity contribution is 0.0725. The van der Waals surface area contributed by atoms with E-state index >= 15 is 0 Å². The van der Waals surface area contributed by atoms with Gasteiger partial charge in [-0.2, -0.15) is 0 Å². The summed E-state index contributed by atoms with van der Waals surface area (Å²) in [7, 11) is 0. The molecule has 0 aromatic heterocycles. The Morgan fingerprint density at radius 1 is 0.400 bits per heavy atom. The Kier molecular flexibility index (Phi) is 13.9. The Balaban J connectivity index is 1.07. The first-order chi connectivity index (χ1) is 22.0. The van der Waals surface area contributed by atoms with Crippen LogP contribution >= 0.6 is 0 Å². The van der Waals surface area contributed by atoms with Crippen molar-refractivity contribution < 1.29 is 19.1 Å². The largest absolute Gasteiger partial charge is 0.423 e. The summed E-state index contributed by atoms with van der Waals surface area (Å²) >= 11 is 0. The van der Waals surface area contributed by atoms with Crippen LogP contribution in [0.4, 0.5) is 0 Å². The van der Waals surface area contributed by atoms with Crippen molar-refractivity contribution in [1.82, 2.24) is 0 Å². The predicted molar refractivity (Wildman–Crippen MR) is 183 cm³/mol. The number of rotatable bonds is 18. The van der Waals surface area contributed by atoms with Crippen LogP contribution in [-0.2, 0) is 25.7 Å². The first kappa shape index (κ1) is 33.7. The molecule has 0 saturated carbocycles. The van der Waals surface area contributed by atoms with Gasteiger partial charge in [-0.05, 0) is 122 Å². The number of hydrogen-bond donors (Lipinski definition) is 0. The summed E-state index contributed by atoms with van der Waals surface area (Å²) in [6.07, 6.45) is 14.6. The molecule has 4 nitrogen and oxygen atoms in total. The van der Waals surface area contributed by atoms with E-state index in [1.165, 1.54) is 41.5 Å². The van der Waals surface area contributed by atoms with Gasteiger partial charge >= 0.3 is 11.9 Å². The summed E-state index contributed by atoms with van der Waals surface area (Å²) in [5.41, 5.74) is 6.19. The van der Waals surface area contributed by atoms with Crippen molar-refractivity contribution in [2.45, 2.75) is 97.3 Å². The van der Waals surface area contributed by atoms with Crippen LogP contribution in [0, 0.1) is 0 Å². The van der Waals surface area contributed by atoms with Gasteiger partial charge in [0.05, 0.1) is 11.1 Å². The van der Waals surface area contributed by atoms with Gasteiger partial charge in [0.2, 0.25) is 0 Å². The number of esters is 2. The number of carbonyl (C=O) groups excluding carboxylic acids is 2. The number of ether oxygens (including phenoxy) is 2. The average Bonchev–Trinajstić information content (AvgIpc) is 3.07. The summed E-state index contributed by atoms with van der Waals surface area (Å²) in [5, 5.41) is 0. The molecule has 0 N–H and O–H groups in total. The lowest BCUT2D eigenvalue weighted by Gasteiger charge is -2.08. The molecule has 0 radical (unpaired) electrons. The molecule has 0 heterocycles. The molecule has 45 heavy (non-hydrogen) atoms. The highest BCUT2D eigenvalue weighted by molar-refractivity contribution is 5.91. The quantitative estimate of drug-likeness (QED) is 0.0644. The smallest absolute Gasteiger partial charge is 0.343 e. The van der Waals surface area contributed by atoms with Crippen molar-refractivity contribution in [2.75, 3.05) is 0 Å². The summed E-state index contributed by atoms with van der Waals surface area (Å²) in [6.45, 7) is 4.36. The van der Waals surface area contributed by atoms with Gasteiger partial charge in [0.1, 0.15) is 11.5 Å². The van der Waals surface area contributed by atoms with Gasteiger partial charge in [-0.15, -0.1) is 0 Å². The normalized spacial score (nSPS) is 10.9. The van der Waals surface area contributed by atoms with Gasteiger partial charge in [0.25, 0.3) is 0 Å². The molecule has 0 bridgehead atoms. The molecular formula is C41H48O4. The van der Waals surface area contributed by atoms with Gasteiger partial charge in [0.15, 0.2) is 0 Å². The van der Waals surface area contributed by atoms with Crippen LogP contribution in [0.1, 0.15) is 115 Å². The van der Waals surface area contributed by atoms with Gasteiger partial charge in [-0.3, -0.25) is 0 Å². The van der Waals surface area contributed by atoms with Crippen molar-refractivity contribution in [3.63, 3.8) is 0 Å². The zero-order chi connectivity index (χ0) is 31.7. The Morgan fingerprint density at radius 2 is 0.689 bits per heavy atom. The number of aryl methyl sites for hydroxylation is 4. The minimum absolute atomic E-state index is 0.316. The maximum Gasteiger partial charge on any atom is 0.343 e. The zero-order valence-electron chi connectivity index (χ0n) is 27.1. The average molecular weight is 605 g/mol. The summed E-state index contributed by atoms with van der Waals surface area (Å²) < 4.78 is 11.2. The van der Waals surface area contributed by atoms with E-state index in [4.69, 9.17) is 9.47 Å². The van der Waals surface area contributed by atoms with Crippen molar-refractivity contribution in [1.29, 1.82) is 0 Å². The van der Waals surface area contributed by atoms with E-state index in [0.717, 1.165) is 64.2 Å². The SMILES string of the molecule is CCCCc1ccc(C(=O)Oc2ccc(CCCCCCCc3ccc(OC(=O)c4ccc(CCCC)cc4)cc3)cc2)cc1. The summed E-state index contributed by atoms with van der Waals surface area (Å²) in [4.78, 5) is 25.0. The zero-order valence-corrected chi connectivity index (χ0v) is 27.1. The van der Waals surface area contributed by atoms with Gasteiger partial charge in [0, 0.05) is 0 Å². The van der Waals surface area contributed by atoms with Crippen LogP contribution in [0.25, 0.3) is 0 Å². The van der Waals surface area contributed by atoms with Crippen LogP contribution in [0.15, 0.2) is 97.1 Å². The highest BCUT2D eigenvalue weighted by atomic mass is 16.5. The number of hydrogen-bond acceptors (Lipinski definition) is 4. The van der Waals surface area contributed by atoms with Crippen LogP contribution in [0.5, 0.6) is 11.5 Å². The molecule has 4 aromatic rings. The number of unbranched alkanes of at least 4 members (excludes halogenated alkanes) is 6. The first-order valence-electron chi connectivity index (χ1n) is 16.8. The monoisotopic (exact) mass is 604 g/mol. The number of carbonyl (C=O) groups is 2. The second-order valence-electron chi connectivity index (χ2n) is 11.9.